The summed E-state index contributed by atoms with van der Waals surface area (Å²) in [5.41, 5.74) is 4.92. The summed E-state index contributed by atoms with van der Waals surface area (Å²) in [5, 5.41) is 4.43. The lowest BCUT2D eigenvalue weighted by Gasteiger charge is -2.18. The van der Waals surface area contributed by atoms with Crippen molar-refractivity contribution in [3.63, 3.8) is 0 Å². The number of hydrogen-bond acceptors (Lipinski definition) is 1. The lowest BCUT2D eigenvalue weighted by atomic mass is 10.0. The largest absolute Gasteiger partial charge is 0.361 e. The number of carbonyl (C=O) groups excluding carboxylic acids is 1. The van der Waals surface area contributed by atoms with E-state index in [0.29, 0.717) is 5.56 Å². The molecule has 0 radical (unpaired) electrons. The molecule has 1 unspecified atom stereocenters. The van der Waals surface area contributed by atoms with Crippen molar-refractivity contribution in [1.82, 2.24) is 10.3 Å². The molecule has 0 spiro atoms. The Kier molecular flexibility index (Phi) is 5.98. The van der Waals surface area contributed by atoms with Crippen LogP contribution in [0.1, 0.15) is 53.7 Å². The first-order valence-electron chi connectivity index (χ1n) is 9.57. The quantitative estimate of drug-likeness (QED) is 0.620. The van der Waals surface area contributed by atoms with Crippen molar-refractivity contribution >= 4 is 16.8 Å². The molecule has 0 saturated carbocycles. The van der Waals surface area contributed by atoms with Crippen molar-refractivity contribution in [2.75, 3.05) is 0 Å². The molecule has 1 amide bonds. The van der Waals surface area contributed by atoms with Crippen molar-refractivity contribution in [2.24, 2.45) is 0 Å². The van der Waals surface area contributed by atoms with Crippen LogP contribution in [0.4, 0.5) is 0 Å². The molecule has 0 saturated heterocycles. The standard InChI is InChI=1S/C24H26N2O/c1-4-6-9-18-13-12-17(3)22(14-18)24(27)26-20(5-2)15-19-16-25-23-11-8-7-10-21(19)23/h7-8,10-14,16,20,25H,4-5,15H2,1-3H3,(H,26,27). The van der Waals surface area contributed by atoms with Gasteiger partial charge in [0.2, 0.25) is 0 Å². The van der Waals surface area contributed by atoms with Gasteiger partial charge in [0.15, 0.2) is 0 Å². The molecular formula is C24H26N2O. The van der Waals surface area contributed by atoms with Crippen LogP contribution in [-0.4, -0.2) is 16.9 Å². The van der Waals surface area contributed by atoms with E-state index in [1.165, 1.54) is 10.9 Å². The summed E-state index contributed by atoms with van der Waals surface area (Å²) in [4.78, 5) is 16.2. The molecule has 0 aliphatic carbocycles. The van der Waals surface area contributed by atoms with Crippen molar-refractivity contribution in [2.45, 2.75) is 46.1 Å². The summed E-state index contributed by atoms with van der Waals surface area (Å²) >= 11 is 0. The Hall–Kier alpha value is -2.99. The molecule has 3 rings (SSSR count). The Labute approximate surface area is 161 Å². The number of fused-ring (bicyclic) bond motifs is 1. The summed E-state index contributed by atoms with van der Waals surface area (Å²) in [6.45, 7) is 6.09. The molecule has 3 aromatic rings. The molecule has 0 aliphatic heterocycles. The van der Waals surface area contributed by atoms with Crippen LogP contribution in [-0.2, 0) is 6.42 Å². The molecular weight excluding hydrogens is 332 g/mol. The van der Waals surface area contributed by atoms with Gasteiger partial charge in [0.1, 0.15) is 0 Å². The monoisotopic (exact) mass is 358 g/mol. The van der Waals surface area contributed by atoms with Crippen molar-refractivity contribution < 1.29 is 4.79 Å². The number of para-hydroxylation sites is 1. The van der Waals surface area contributed by atoms with E-state index in [0.717, 1.165) is 35.9 Å². The predicted octanol–water partition coefficient (Wildman–Crippen LogP) is 4.99. The molecule has 0 fully saturated rings. The molecule has 138 valence electrons. The van der Waals surface area contributed by atoms with E-state index in [1.54, 1.807) is 0 Å². The predicted molar refractivity (Wildman–Crippen MR) is 112 cm³/mol. The number of carbonyl (C=O) groups is 1. The van der Waals surface area contributed by atoms with Crippen LogP contribution in [0, 0.1) is 18.8 Å². The summed E-state index contributed by atoms with van der Waals surface area (Å²) in [6, 6.07) is 14.2. The second-order valence-corrected chi connectivity index (χ2v) is 6.83. The summed E-state index contributed by atoms with van der Waals surface area (Å²) < 4.78 is 0. The molecule has 2 N–H and O–H groups in total. The van der Waals surface area contributed by atoms with Crippen LogP contribution >= 0.6 is 0 Å². The SMILES string of the molecule is CCC#Cc1ccc(C)c(C(=O)NC(CC)Cc2c[nH]c3ccccc23)c1. The van der Waals surface area contributed by atoms with Crippen LogP contribution < -0.4 is 5.32 Å². The van der Waals surface area contributed by atoms with Crippen molar-refractivity contribution in [3.05, 3.63) is 70.9 Å². The lowest BCUT2D eigenvalue weighted by molar-refractivity contribution is 0.0935. The van der Waals surface area contributed by atoms with E-state index in [4.69, 9.17) is 0 Å². The number of hydrogen-bond donors (Lipinski definition) is 2. The molecule has 1 heterocycles. The van der Waals surface area contributed by atoms with Gasteiger partial charge in [-0.05, 0) is 49.1 Å². The zero-order valence-electron chi connectivity index (χ0n) is 16.2. The van der Waals surface area contributed by atoms with E-state index < -0.39 is 0 Å². The third-order valence-electron chi connectivity index (χ3n) is 4.86. The number of H-pyrrole nitrogens is 1. The molecule has 1 aromatic heterocycles. The van der Waals surface area contributed by atoms with E-state index in [2.05, 4.69) is 41.2 Å². The van der Waals surface area contributed by atoms with Crippen LogP contribution in [0.2, 0.25) is 0 Å². The van der Waals surface area contributed by atoms with Crippen LogP contribution in [0.25, 0.3) is 10.9 Å². The third-order valence-corrected chi connectivity index (χ3v) is 4.86. The van der Waals surface area contributed by atoms with Crippen molar-refractivity contribution in [3.8, 4) is 11.8 Å². The van der Waals surface area contributed by atoms with Gasteiger partial charge in [-0.3, -0.25) is 4.79 Å². The first-order valence-corrected chi connectivity index (χ1v) is 9.57. The smallest absolute Gasteiger partial charge is 0.251 e. The Morgan fingerprint density at radius 3 is 2.78 bits per heavy atom. The molecule has 27 heavy (non-hydrogen) atoms. The van der Waals surface area contributed by atoms with Gasteiger partial charge in [-0.25, -0.2) is 0 Å². The lowest BCUT2D eigenvalue weighted by Crippen LogP contribution is -2.36. The number of amides is 1. The van der Waals surface area contributed by atoms with Gasteiger partial charge in [-0.2, -0.15) is 0 Å². The number of aromatic amines is 1. The minimum atomic E-state index is -0.0284. The second-order valence-electron chi connectivity index (χ2n) is 6.83. The average molecular weight is 358 g/mol. The summed E-state index contributed by atoms with van der Waals surface area (Å²) in [5.74, 6) is 6.14. The first-order chi connectivity index (χ1) is 13.1. The Morgan fingerprint density at radius 1 is 1.19 bits per heavy atom. The maximum absolute atomic E-state index is 12.9. The van der Waals surface area contributed by atoms with E-state index in [1.807, 2.05) is 50.4 Å². The molecule has 3 nitrogen and oxygen atoms in total. The topological polar surface area (TPSA) is 44.9 Å². The van der Waals surface area contributed by atoms with E-state index in [9.17, 15) is 4.79 Å². The fourth-order valence-electron chi connectivity index (χ4n) is 3.26. The van der Waals surface area contributed by atoms with Crippen LogP contribution in [0.15, 0.2) is 48.7 Å². The van der Waals surface area contributed by atoms with Crippen molar-refractivity contribution in [1.29, 1.82) is 0 Å². The van der Waals surface area contributed by atoms with Crippen LogP contribution in [0.3, 0.4) is 0 Å². The van der Waals surface area contributed by atoms with Crippen LogP contribution in [0.5, 0.6) is 0 Å². The van der Waals surface area contributed by atoms with E-state index >= 15 is 0 Å². The number of benzene rings is 2. The minimum absolute atomic E-state index is 0.0284. The normalized spacial score (nSPS) is 11.7. The highest BCUT2D eigenvalue weighted by Gasteiger charge is 2.16. The Morgan fingerprint density at radius 2 is 2.00 bits per heavy atom. The highest BCUT2D eigenvalue weighted by Crippen LogP contribution is 2.20. The first kappa shape index (κ1) is 18.8. The highest BCUT2D eigenvalue weighted by molar-refractivity contribution is 5.96. The second kappa shape index (κ2) is 8.60. The number of aryl methyl sites for hydroxylation is 1. The molecule has 1 atom stereocenters. The number of aromatic nitrogens is 1. The van der Waals surface area contributed by atoms with Gasteiger partial charge in [-0.15, -0.1) is 0 Å². The van der Waals surface area contributed by atoms with Gasteiger partial charge < -0.3 is 10.3 Å². The average Bonchev–Trinajstić information content (AvgIpc) is 3.09. The van der Waals surface area contributed by atoms with E-state index in [-0.39, 0.29) is 11.9 Å². The van der Waals surface area contributed by atoms with Gasteiger partial charge in [0, 0.05) is 40.7 Å². The maximum atomic E-state index is 12.9. The maximum Gasteiger partial charge on any atom is 0.251 e. The fourth-order valence-corrected chi connectivity index (χ4v) is 3.26. The Bertz CT molecular complexity index is 1000. The third kappa shape index (κ3) is 4.41. The summed E-state index contributed by atoms with van der Waals surface area (Å²) in [7, 11) is 0. The molecule has 3 heteroatoms. The van der Waals surface area contributed by atoms with Gasteiger partial charge >= 0.3 is 0 Å². The Balaban J connectivity index is 1.77. The van der Waals surface area contributed by atoms with Gasteiger partial charge in [-0.1, -0.05) is 50.0 Å². The fraction of sp³-hybridized carbons (Fsp3) is 0.292. The van der Waals surface area contributed by atoms with Gasteiger partial charge in [0.05, 0.1) is 0 Å². The number of nitrogens with one attached hydrogen (secondary N) is 2. The molecule has 2 aromatic carbocycles. The van der Waals surface area contributed by atoms with Gasteiger partial charge in [0.25, 0.3) is 5.91 Å². The zero-order valence-corrected chi connectivity index (χ0v) is 16.2. The summed E-state index contributed by atoms with van der Waals surface area (Å²) in [6.07, 6.45) is 4.53. The zero-order chi connectivity index (χ0) is 19.2. The molecule has 0 bridgehead atoms. The minimum Gasteiger partial charge on any atom is -0.361 e. The molecule has 0 aliphatic rings. The highest BCUT2D eigenvalue weighted by atomic mass is 16.1. The number of rotatable bonds is 5.